The van der Waals surface area contributed by atoms with E-state index in [0.29, 0.717) is 0 Å². The first kappa shape index (κ1) is 12.5. The highest BCUT2D eigenvalue weighted by atomic mass is 19.2. The topological polar surface area (TPSA) is 26.3 Å². The molecule has 2 nitrogen and oxygen atoms in total. The average molecular weight is 232 g/mol. The number of esters is 1. The SMILES string of the molecule is CCOC(=O)C(C)(F)c1cccc(F)c1F. The molecule has 5 heteroatoms. The van der Waals surface area contributed by atoms with E-state index in [1.54, 1.807) is 0 Å². The molecule has 0 fully saturated rings. The maximum atomic E-state index is 14.0. The number of hydrogen-bond acceptors (Lipinski definition) is 2. The predicted molar refractivity (Wildman–Crippen MR) is 51.5 cm³/mol. The number of halogens is 3. The van der Waals surface area contributed by atoms with Gasteiger partial charge in [-0.3, -0.25) is 0 Å². The van der Waals surface area contributed by atoms with Gasteiger partial charge in [0.15, 0.2) is 11.6 Å². The van der Waals surface area contributed by atoms with Gasteiger partial charge < -0.3 is 4.74 Å². The second-order valence-corrected chi connectivity index (χ2v) is 3.32. The molecule has 0 saturated carbocycles. The van der Waals surface area contributed by atoms with Crippen LogP contribution in [0.25, 0.3) is 0 Å². The lowest BCUT2D eigenvalue weighted by molar-refractivity contribution is -0.157. The number of benzene rings is 1. The molecule has 0 N–H and O–H groups in total. The molecule has 0 amide bonds. The van der Waals surface area contributed by atoms with Crippen LogP contribution in [0.5, 0.6) is 0 Å². The molecule has 0 saturated heterocycles. The van der Waals surface area contributed by atoms with E-state index in [1.807, 2.05) is 0 Å². The van der Waals surface area contributed by atoms with Gasteiger partial charge in [0, 0.05) is 5.56 Å². The molecule has 1 unspecified atom stereocenters. The molecule has 88 valence electrons. The van der Waals surface area contributed by atoms with Crippen molar-refractivity contribution in [3.63, 3.8) is 0 Å². The normalized spacial score (nSPS) is 14.3. The summed E-state index contributed by atoms with van der Waals surface area (Å²) in [6, 6.07) is 2.99. The van der Waals surface area contributed by atoms with Gasteiger partial charge in [0.25, 0.3) is 0 Å². The highest BCUT2D eigenvalue weighted by molar-refractivity contribution is 5.80. The summed E-state index contributed by atoms with van der Waals surface area (Å²) in [5.74, 6) is -3.81. The third-order valence-corrected chi connectivity index (χ3v) is 2.12. The smallest absolute Gasteiger partial charge is 0.348 e. The van der Waals surface area contributed by atoms with Crippen LogP contribution in [0.1, 0.15) is 19.4 Å². The summed E-state index contributed by atoms with van der Waals surface area (Å²) in [4.78, 5) is 11.2. The van der Waals surface area contributed by atoms with E-state index < -0.39 is 28.8 Å². The Kier molecular flexibility index (Phi) is 3.57. The summed E-state index contributed by atoms with van der Waals surface area (Å²) in [5, 5.41) is 0. The van der Waals surface area contributed by atoms with Crippen LogP contribution in [0, 0.1) is 11.6 Å². The summed E-state index contributed by atoms with van der Waals surface area (Å²) >= 11 is 0. The van der Waals surface area contributed by atoms with Gasteiger partial charge in [0.05, 0.1) is 6.61 Å². The third-order valence-electron chi connectivity index (χ3n) is 2.12. The number of alkyl halides is 1. The van der Waals surface area contributed by atoms with Crippen molar-refractivity contribution in [2.75, 3.05) is 6.61 Å². The molecular weight excluding hydrogens is 221 g/mol. The van der Waals surface area contributed by atoms with Crippen molar-refractivity contribution in [3.05, 3.63) is 35.4 Å². The Bertz CT molecular complexity index is 402. The average Bonchev–Trinajstić information content (AvgIpc) is 2.22. The van der Waals surface area contributed by atoms with E-state index in [1.165, 1.54) is 6.92 Å². The first-order chi connectivity index (χ1) is 7.41. The van der Waals surface area contributed by atoms with E-state index >= 15 is 0 Å². The van der Waals surface area contributed by atoms with Gasteiger partial charge in [-0.25, -0.2) is 18.0 Å². The van der Waals surface area contributed by atoms with Gasteiger partial charge in [-0.15, -0.1) is 0 Å². The van der Waals surface area contributed by atoms with Crippen LogP contribution in [0.3, 0.4) is 0 Å². The molecule has 0 heterocycles. The fourth-order valence-electron chi connectivity index (χ4n) is 1.24. The van der Waals surface area contributed by atoms with Crippen LogP contribution in [0.15, 0.2) is 18.2 Å². The van der Waals surface area contributed by atoms with Crippen LogP contribution in [-0.2, 0) is 15.2 Å². The monoisotopic (exact) mass is 232 g/mol. The minimum atomic E-state index is -2.69. The van der Waals surface area contributed by atoms with E-state index in [0.717, 1.165) is 25.1 Å². The minimum Gasteiger partial charge on any atom is -0.463 e. The molecule has 1 atom stereocenters. The molecule has 1 rings (SSSR count). The molecule has 0 aliphatic rings. The molecule has 0 radical (unpaired) electrons. The molecule has 0 aliphatic heterocycles. The zero-order chi connectivity index (χ0) is 12.3. The second kappa shape index (κ2) is 4.55. The van der Waals surface area contributed by atoms with Crippen molar-refractivity contribution >= 4 is 5.97 Å². The zero-order valence-corrected chi connectivity index (χ0v) is 8.89. The van der Waals surface area contributed by atoms with Crippen LogP contribution in [-0.4, -0.2) is 12.6 Å². The third kappa shape index (κ3) is 2.18. The largest absolute Gasteiger partial charge is 0.463 e. The van der Waals surface area contributed by atoms with Gasteiger partial charge in [-0.1, -0.05) is 12.1 Å². The zero-order valence-electron chi connectivity index (χ0n) is 8.89. The van der Waals surface area contributed by atoms with E-state index in [4.69, 9.17) is 0 Å². The Morgan fingerprint density at radius 3 is 2.62 bits per heavy atom. The Hall–Kier alpha value is -1.52. The van der Waals surface area contributed by atoms with Crippen molar-refractivity contribution in [1.29, 1.82) is 0 Å². The molecule has 1 aromatic carbocycles. The summed E-state index contributed by atoms with van der Waals surface area (Å²) in [6.07, 6.45) is 0. The highest BCUT2D eigenvalue weighted by Gasteiger charge is 2.39. The summed E-state index contributed by atoms with van der Waals surface area (Å²) in [5.41, 5.74) is -3.35. The number of carbonyl (C=O) groups excluding carboxylic acids is 1. The van der Waals surface area contributed by atoms with Crippen molar-refractivity contribution in [1.82, 2.24) is 0 Å². The van der Waals surface area contributed by atoms with Crippen LogP contribution >= 0.6 is 0 Å². The Morgan fingerprint density at radius 2 is 2.06 bits per heavy atom. The minimum absolute atomic E-state index is 0.0325. The predicted octanol–water partition coefficient (Wildman–Crippen LogP) is 2.71. The molecule has 0 aliphatic carbocycles. The number of ether oxygens (including phenoxy) is 1. The fraction of sp³-hybridized carbons (Fsp3) is 0.364. The van der Waals surface area contributed by atoms with Crippen LogP contribution in [0.2, 0.25) is 0 Å². The van der Waals surface area contributed by atoms with Gasteiger partial charge in [0.2, 0.25) is 5.67 Å². The second-order valence-electron chi connectivity index (χ2n) is 3.32. The van der Waals surface area contributed by atoms with Crippen molar-refractivity contribution < 1.29 is 22.7 Å². The maximum Gasteiger partial charge on any atom is 0.348 e. The lowest BCUT2D eigenvalue weighted by Gasteiger charge is -2.19. The quantitative estimate of drug-likeness (QED) is 0.749. The van der Waals surface area contributed by atoms with Crippen LogP contribution < -0.4 is 0 Å². The van der Waals surface area contributed by atoms with E-state index in [9.17, 15) is 18.0 Å². The van der Waals surface area contributed by atoms with Gasteiger partial charge in [-0.05, 0) is 19.9 Å². The fourth-order valence-corrected chi connectivity index (χ4v) is 1.24. The number of rotatable bonds is 3. The van der Waals surface area contributed by atoms with Crippen molar-refractivity contribution in [3.8, 4) is 0 Å². The highest BCUT2D eigenvalue weighted by Crippen LogP contribution is 2.30. The molecule has 0 bridgehead atoms. The standard InChI is InChI=1S/C11H11F3O2/c1-3-16-10(15)11(2,14)7-5-4-6-8(12)9(7)13/h4-6H,3H2,1-2H3. The van der Waals surface area contributed by atoms with E-state index in [-0.39, 0.29) is 6.61 Å². The van der Waals surface area contributed by atoms with Crippen molar-refractivity contribution in [2.24, 2.45) is 0 Å². The first-order valence-electron chi connectivity index (χ1n) is 4.71. The van der Waals surface area contributed by atoms with Crippen LogP contribution in [0.4, 0.5) is 13.2 Å². The summed E-state index contributed by atoms with van der Waals surface area (Å²) in [7, 11) is 0. The maximum absolute atomic E-state index is 14.0. The molecule has 0 spiro atoms. The van der Waals surface area contributed by atoms with Crippen molar-refractivity contribution in [2.45, 2.75) is 19.5 Å². The van der Waals surface area contributed by atoms with Gasteiger partial charge in [-0.2, -0.15) is 0 Å². The molecular formula is C11H11F3O2. The Morgan fingerprint density at radius 1 is 1.44 bits per heavy atom. The Balaban J connectivity index is 3.16. The molecule has 0 aromatic heterocycles. The Labute approximate surface area is 91.0 Å². The number of hydrogen-bond donors (Lipinski definition) is 0. The summed E-state index contributed by atoms with van der Waals surface area (Å²) in [6.45, 7) is 2.30. The lowest BCUT2D eigenvalue weighted by atomic mass is 9.97. The molecule has 1 aromatic rings. The van der Waals surface area contributed by atoms with E-state index in [2.05, 4.69) is 4.74 Å². The van der Waals surface area contributed by atoms with Gasteiger partial charge >= 0.3 is 5.97 Å². The molecule has 16 heavy (non-hydrogen) atoms. The summed E-state index contributed by atoms with van der Waals surface area (Å²) < 4.78 is 44.6. The number of carbonyl (C=O) groups is 1. The first-order valence-corrected chi connectivity index (χ1v) is 4.71. The lowest BCUT2D eigenvalue weighted by Crippen LogP contribution is -2.31. The van der Waals surface area contributed by atoms with Gasteiger partial charge in [0.1, 0.15) is 0 Å².